The number of nitrogens with zero attached hydrogens (tertiary/aromatic N) is 4. The number of rotatable bonds is 8. The maximum Gasteiger partial charge on any atom is 0.282 e. The zero-order valence-electron chi connectivity index (χ0n) is 14.4. The van der Waals surface area contributed by atoms with Crippen LogP contribution in [-0.4, -0.2) is 34.5 Å². The molecular weight excluding hydrogens is 378 g/mol. The van der Waals surface area contributed by atoms with Crippen molar-refractivity contribution in [2.45, 2.75) is 51.6 Å². The van der Waals surface area contributed by atoms with Gasteiger partial charge >= 0.3 is 0 Å². The normalized spacial score (nSPS) is 12.5. The van der Waals surface area contributed by atoms with E-state index in [1.54, 1.807) is 13.8 Å². The minimum atomic E-state index is -3.93. The number of aromatic nitrogens is 4. The fourth-order valence-electron chi connectivity index (χ4n) is 2.65. The summed E-state index contributed by atoms with van der Waals surface area (Å²) in [6.07, 6.45) is -5.99. The number of hydrogen-bond donors (Lipinski definition) is 1. The number of nitrogens with one attached hydrogen (secondary N) is 1. The molecule has 0 saturated heterocycles. The van der Waals surface area contributed by atoms with Gasteiger partial charge in [0.1, 0.15) is 16.3 Å². The third-order valence-corrected chi connectivity index (χ3v) is 5.49. The van der Waals surface area contributed by atoms with Crippen LogP contribution in [0.15, 0.2) is 11.0 Å². The minimum absolute atomic E-state index is 0.0159. The Balaban J connectivity index is 2.16. The summed E-state index contributed by atoms with van der Waals surface area (Å²) in [5.41, 5.74) is -0.709. The van der Waals surface area contributed by atoms with Gasteiger partial charge in [0.15, 0.2) is 0 Å². The Morgan fingerprint density at radius 3 is 2.27 bits per heavy atom. The molecule has 0 bridgehead atoms. The van der Waals surface area contributed by atoms with Gasteiger partial charge in [-0.1, -0.05) is 0 Å². The number of alkyl halides is 4. The Kier molecular flexibility index (Phi) is 6.06. The third kappa shape index (κ3) is 4.06. The van der Waals surface area contributed by atoms with Gasteiger partial charge < -0.3 is 0 Å². The molecular formula is C14H19F4N5O2S. The average molecular weight is 397 g/mol. The molecule has 146 valence electrons. The van der Waals surface area contributed by atoms with E-state index in [-0.39, 0.29) is 18.0 Å². The van der Waals surface area contributed by atoms with Crippen LogP contribution >= 0.6 is 0 Å². The number of hydrogen-bond acceptors (Lipinski definition) is 4. The van der Waals surface area contributed by atoms with Gasteiger partial charge in [0.05, 0.1) is 17.9 Å². The summed E-state index contributed by atoms with van der Waals surface area (Å²) in [5, 5.41) is 7.53. The fraction of sp³-hybridized carbons (Fsp3) is 0.571. The fourth-order valence-corrected chi connectivity index (χ4v) is 4.08. The standard InChI is InChI=1S/C14H19F4N5O2S/c1-4-22-9(3)12(8(2)20-22)26(24,25)19-5-6-23-11(14(17)18)7-10(21-23)13(15)16/h7,13-14,19H,4-6H2,1-3H3. The second kappa shape index (κ2) is 7.74. The van der Waals surface area contributed by atoms with Crippen molar-refractivity contribution in [2.75, 3.05) is 6.54 Å². The highest BCUT2D eigenvalue weighted by Crippen LogP contribution is 2.25. The molecule has 12 heteroatoms. The van der Waals surface area contributed by atoms with E-state index in [4.69, 9.17) is 0 Å². The van der Waals surface area contributed by atoms with Gasteiger partial charge in [0, 0.05) is 13.1 Å². The summed E-state index contributed by atoms with van der Waals surface area (Å²) >= 11 is 0. The van der Waals surface area contributed by atoms with Crippen molar-refractivity contribution in [2.24, 2.45) is 0 Å². The predicted octanol–water partition coefficient (Wildman–Crippen LogP) is 2.57. The molecule has 0 aliphatic heterocycles. The monoisotopic (exact) mass is 397 g/mol. The second-order valence-corrected chi connectivity index (χ2v) is 7.24. The molecule has 2 aromatic heterocycles. The Bertz CT molecular complexity index is 876. The smallest absolute Gasteiger partial charge is 0.268 e. The average Bonchev–Trinajstić information content (AvgIpc) is 3.08. The van der Waals surface area contributed by atoms with Crippen molar-refractivity contribution < 1.29 is 26.0 Å². The topological polar surface area (TPSA) is 81.8 Å². The molecule has 0 aliphatic rings. The van der Waals surface area contributed by atoms with Crippen molar-refractivity contribution >= 4 is 10.0 Å². The van der Waals surface area contributed by atoms with Crippen molar-refractivity contribution in [1.29, 1.82) is 0 Å². The Labute approximate surface area is 148 Å². The van der Waals surface area contributed by atoms with Gasteiger partial charge in [-0.3, -0.25) is 9.36 Å². The Morgan fingerprint density at radius 1 is 1.12 bits per heavy atom. The van der Waals surface area contributed by atoms with E-state index < -0.39 is 34.3 Å². The van der Waals surface area contributed by atoms with E-state index in [1.807, 2.05) is 6.92 Å². The number of halogens is 4. The molecule has 2 heterocycles. The van der Waals surface area contributed by atoms with Gasteiger partial charge in [0.2, 0.25) is 10.0 Å². The number of sulfonamides is 1. The molecule has 2 rings (SSSR count). The van der Waals surface area contributed by atoms with Crippen molar-refractivity contribution in [1.82, 2.24) is 24.3 Å². The highest BCUT2D eigenvalue weighted by molar-refractivity contribution is 7.89. The Morgan fingerprint density at radius 2 is 1.77 bits per heavy atom. The minimum Gasteiger partial charge on any atom is -0.268 e. The molecule has 0 spiro atoms. The van der Waals surface area contributed by atoms with Crippen molar-refractivity contribution in [3.8, 4) is 0 Å². The van der Waals surface area contributed by atoms with Crippen molar-refractivity contribution in [3.63, 3.8) is 0 Å². The van der Waals surface area contributed by atoms with E-state index in [9.17, 15) is 26.0 Å². The molecule has 2 aromatic rings. The summed E-state index contributed by atoms with van der Waals surface area (Å²) in [6.45, 7) is 4.85. The molecule has 0 fully saturated rings. The molecule has 26 heavy (non-hydrogen) atoms. The molecule has 0 aromatic carbocycles. The zero-order valence-corrected chi connectivity index (χ0v) is 15.2. The van der Waals surface area contributed by atoms with Gasteiger partial charge in [-0.2, -0.15) is 10.2 Å². The van der Waals surface area contributed by atoms with Crippen LogP contribution in [-0.2, 0) is 23.1 Å². The van der Waals surface area contributed by atoms with Crippen molar-refractivity contribution in [3.05, 3.63) is 28.8 Å². The first kappa shape index (κ1) is 20.4. The molecule has 7 nitrogen and oxygen atoms in total. The molecule has 0 amide bonds. The second-order valence-electron chi connectivity index (χ2n) is 5.53. The van der Waals surface area contributed by atoms with E-state index in [2.05, 4.69) is 14.9 Å². The van der Waals surface area contributed by atoms with Gasteiger partial charge in [-0.15, -0.1) is 0 Å². The highest BCUT2D eigenvalue weighted by Gasteiger charge is 2.25. The lowest BCUT2D eigenvalue weighted by Gasteiger charge is -2.09. The van der Waals surface area contributed by atoms with Crippen LogP contribution in [0.3, 0.4) is 0 Å². The van der Waals surface area contributed by atoms with Gasteiger partial charge in [0.25, 0.3) is 12.9 Å². The SMILES string of the molecule is CCn1nc(C)c(S(=O)(=O)NCCn2nc(C(F)F)cc2C(F)F)c1C. The Hall–Kier alpha value is -1.95. The van der Waals surface area contributed by atoms with Crippen LogP contribution in [0.25, 0.3) is 0 Å². The van der Waals surface area contributed by atoms with E-state index in [0.29, 0.717) is 28.7 Å². The molecule has 0 atom stereocenters. The van der Waals surface area contributed by atoms with E-state index >= 15 is 0 Å². The summed E-state index contributed by atoms with van der Waals surface area (Å²) in [6, 6.07) is 0.614. The summed E-state index contributed by atoms with van der Waals surface area (Å²) in [5.74, 6) is 0. The van der Waals surface area contributed by atoms with Crippen LogP contribution < -0.4 is 4.72 Å². The quantitative estimate of drug-likeness (QED) is 0.694. The maximum absolute atomic E-state index is 12.9. The first-order chi connectivity index (χ1) is 12.1. The lowest BCUT2D eigenvalue weighted by molar-refractivity contribution is 0.139. The van der Waals surface area contributed by atoms with Crippen LogP contribution in [0.4, 0.5) is 17.6 Å². The van der Waals surface area contributed by atoms with Crippen LogP contribution in [0.5, 0.6) is 0 Å². The lowest BCUT2D eigenvalue weighted by atomic mass is 10.3. The third-order valence-electron chi connectivity index (χ3n) is 3.78. The first-order valence-electron chi connectivity index (χ1n) is 7.76. The summed E-state index contributed by atoms with van der Waals surface area (Å²) < 4.78 is 80.5. The maximum atomic E-state index is 12.9. The van der Waals surface area contributed by atoms with E-state index in [0.717, 1.165) is 0 Å². The molecule has 0 saturated carbocycles. The molecule has 1 N–H and O–H groups in total. The highest BCUT2D eigenvalue weighted by atomic mass is 32.2. The zero-order chi connectivity index (χ0) is 19.6. The predicted molar refractivity (Wildman–Crippen MR) is 84.7 cm³/mol. The summed E-state index contributed by atoms with van der Waals surface area (Å²) in [7, 11) is -3.93. The molecule has 0 radical (unpaired) electrons. The molecule has 0 aliphatic carbocycles. The van der Waals surface area contributed by atoms with Gasteiger partial charge in [-0.05, 0) is 26.8 Å². The largest absolute Gasteiger partial charge is 0.282 e. The summed E-state index contributed by atoms with van der Waals surface area (Å²) in [4.78, 5) is 0.0159. The number of aryl methyl sites for hydroxylation is 2. The van der Waals surface area contributed by atoms with E-state index in [1.165, 1.54) is 4.68 Å². The van der Waals surface area contributed by atoms with Crippen LogP contribution in [0.1, 0.15) is 42.6 Å². The van der Waals surface area contributed by atoms with Crippen LogP contribution in [0.2, 0.25) is 0 Å². The van der Waals surface area contributed by atoms with Gasteiger partial charge in [-0.25, -0.2) is 30.7 Å². The molecule has 0 unspecified atom stereocenters. The first-order valence-corrected chi connectivity index (χ1v) is 9.24. The van der Waals surface area contributed by atoms with Crippen LogP contribution in [0, 0.1) is 13.8 Å². The lowest BCUT2D eigenvalue weighted by Crippen LogP contribution is -2.29.